The van der Waals surface area contributed by atoms with Gasteiger partial charge in [0.25, 0.3) is 0 Å². The number of benzene rings is 1. The molecule has 158 valence electrons. The van der Waals surface area contributed by atoms with Crippen molar-refractivity contribution >= 4 is 14.8 Å². The van der Waals surface area contributed by atoms with Crippen molar-refractivity contribution in [1.82, 2.24) is 0 Å². The second-order valence-electron chi connectivity index (χ2n) is 6.88. The molecule has 6 heteroatoms. The third-order valence-corrected chi connectivity index (χ3v) is 6.99. The largest absolute Gasteiger partial charge is 0.501 e. The Morgan fingerprint density at radius 3 is 2.07 bits per heavy atom. The van der Waals surface area contributed by atoms with E-state index >= 15 is 0 Å². The van der Waals surface area contributed by atoms with E-state index in [1.807, 2.05) is 30.3 Å². The van der Waals surface area contributed by atoms with Crippen LogP contribution in [0.2, 0.25) is 6.04 Å². The van der Waals surface area contributed by atoms with E-state index in [1.165, 1.54) is 0 Å². The van der Waals surface area contributed by atoms with Gasteiger partial charge in [-0.15, -0.1) is 0 Å². The van der Waals surface area contributed by atoms with Crippen molar-refractivity contribution in [3.8, 4) is 0 Å². The van der Waals surface area contributed by atoms with Gasteiger partial charge in [-0.3, -0.25) is 0 Å². The Morgan fingerprint density at radius 1 is 0.929 bits per heavy atom. The van der Waals surface area contributed by atoms with Gasteiger partial charge in [0.1, 0.15) is 0 Å². The number of hydrogen-bond donors (Lipinski definition) is 0. The summed E-state index contributed by atoms with van der Waals surface area (Å²) < 4.78 is 24.0. The van der Waals surface area contributed by atoms with E-state index < -0.39 is 8.80 Å². The van der Waals surface area contributed by atoms with E-state index in [4.69, 9.17) is 18.0 Å². The molecule has 0 fully saturated rings. The molecule has 0 spiro atoms. The van der Waals surface area contributed by atoms with Crippen LogP contribution in [0, 0.1) is 0 Å². The van der Waals surface area contributed by atoms with Gasteiger partial charge in [-0.25, -0.2) is 4.79 Å². The maximum Gasteiger partial charge on any atom is 0.501 e. The first kappa shape index (κ1) is 24.6. The van der Waals surface area contributed by atoms with Gasteiger partial charge in [0, 0.05) is 24.8 Å². The third-order valence-electron chi connectivity index (χ3n) is 4.15. The van der Waals surface area contributed by atoms with Crippen LogP contribution in [0.15, 0.2) is 42.5 Å². The zero-order valence-corrected chi connectivity index (χ0v) is 18.7. The molecule has 0 aliphatic heterocycles. The summed E-state index contributed by atoms with van der Waals surface area (Å²) in [6, 6.07) is 10.7. The minimum atomic E-state index is -2.87. The van der Waals surface area contributed by atoms with Crippen molar-refractivity contribution in [2.75, 3.05) is 19.8 Å². The molecule has 0 N–H and O–H groups in total. The third kappa shape index (κ3) is 10.2. The van der Waals surface area contributed by atoms with Crippen molar-refractivity contribution in [3.63, 3.8) is 0 Å². The lowest BCUT2D eigenvalue weighted by atomic mass is 10.2. The smallest absolute Gasteiger partial charge is 0.462 e. The van der Waals surface area contributed by atoms with E-state index in [-0.39, 0.29) is 5.97 Å². The van der Waals surface area contributed by atoms with Gasteiger partial charge in [-0.2, -0.15) is 0 Å². The number of rotatable bonds is 16. The Morgan fingerprint density at radius 2 is 1.54 bits per heavy atom. The molecule has 1 aromatic rings. The van der Waals surface area contributed by atoms with Gasteiger partial charge < -0.3 is 18.0 Å². The van der Waals surface area contributed by atoms with Crippen molar-refractivity contribution in [1.29, 1.82) is 0 Å². The minimum Gasteiger partial charge on any atom is -0.462 e. The van der Waals surface area contributed by atoms with E-state index in [0.29, 0.717) is 44.5 Å². The molecule has 0 heterocycles. The highest BCUT2D eigenvalue weighted by Gasteiger charge is 2.40. The lowest BCUT2D eigenvalue weighted by Crippen LogP contribution is -2.46. The minimum absolute atomic E-state index is 0.309. The predicted molar refractivity (Wildman–Crippen MR) is 114 cm³/mol. The average Bonchev–Trinajstić information content (AvgIpc) is 2.70. The van der Waals surface area contributed by atoms with Crippen molar-refractivity contribution in [2.45, 2.75) is 65.5 Å². The number of carbonyl (C=O) groups is 1. The van der Waals surface area contributed by atoms with Crippen LogP contribution in [-0.2, 0) is 29.4 Å². The predicted octanol–water partition coefficient (Wildman–Crippen LogP) is 5.28. The molecule has 0 aliphatic rings. The normalized spacial score (nSPS) is 11.4. The maximum absolute atomic E-state index is 11.6. The first-order valence-corrected chi connectivity index (χ1v) is 12.2. The Bertz CT molecular complexity index is 551. The zero-order chi connectivity index (χ0) is 20.7. The van der Waals surface area contributed by atoms with E-state index in [9.17, 15) is 4.79 Å². The molecule has 0 saturated heterocycles. The van der Waals surface area contributed by atoms with E-state index in [2.05, 4.69) is 20.4 Å². The SMILES string of the molecule is C=C(C)C(=O)OCCC[Si](OCCCC)(OCCCC)OCc1ccccc1. The maximum atomic E-state index is 11.6. The zero-order valence-electron chi connectivity index (χ0n) is 17.7. The van der Waals surface area contributed by atoms with Crippen LogP contribution in [0.25, 0.3) is 0 Å². The molecular formula is C22H36O5Si. The summed E-state index contributed by atoms with van der Waals surface area (Å²) in [5, 5.41) is 0. The molecule has 0 radical (unpaired) electrons. The van der Waals surface area contributed by atoms with Gasteiger partial charge in [0.15, 0.2) is 0 Å². The second-order valence-corrected chi connectivity index (χ2v) is 9.61. The topological polar surface area (TPSA) is 54.0 Å². The Kier molecular flexibility index (Phi) is 12.7. The number of unbranched alkanes of at least 4 members (excludes halogenated alkanes) is 2. The standard InChI is InChI=1S/C22H36O5Si/c1-5-7-16-25-28(26-17-8-6-2,18-12-15-24-22(23)20(3)4)27-19-21-13-10-9-11-14-21/h9-11,13-14H,3,5-8,12,15-19H2,1-2,4H3. The number of hydrogen-bond acceptors (Lipinski definition) is 5. The number of carbonyl (C=O) groups excluding carboxylic acids is 1. The highest BCUT2D eigenvalue weighted by Crippen LogP contribution is 2.22. The monoisotopic (exact) mass is 408 g/mol. The molecule has 0 atom stereocenters. The molecule has 0 bridgehead atoms. The van der Waals surface area contributed by atoms with Crippen LogP contribution in [0.4, 0.5) is 0 Å². The van der Waals surface area contributed by atoms with Crippen LogP contribution < -0.4 is 0 Å². The molecule has 0 saturated carbocycles. The fraction of sp³-hybridized carbons (Fsp3) is 0.591. The summed E-state index contributed by atoms with van der Waals surface area (Å²) in [4.78, 5) is 11.6. The molecule has 0 unspecified atom stereocenters. The summed E-state index contributed by atoms with van der Waals surface area (Å²) in [7, 11) is -2.87. The van der Waals surface area contributed by atoms with Crippen molar-refractivity contribution < 1.29 is 22.8 Å². The fourth-order valence-corrected chi connectivity index (χ4v) is 4.99. The van der Waals surface area contributed by atoms with Gasteiger partial charge >= 0.3 is 14.8 Å². The first-order valence-electron chi connectivity index (χ1n) is 10.3. The highest BCUT2D eigenvalue weighted by atomic mass is 28.4. The van der Waals surface area contributed by atoms with Gasteiger partial charge in [0.2, 0.25) is 0 Å². The fourth-order valence-electron chi connectivity index (χ4n) is 2.43. The second kappa shape index (κ2) is 14.5. The summed E-state index contributed by atoms with van der Waals surface area (Å²) in [6.07, 6.45) is 4.66. The van der Waals surface area contributed by atoms with Crippen LogP contribution in [0.1, 0.15) is 58.4 Å². The summed E-state index contributed by atoms with van der Waals surface area (Å²) in [6.45, 7) is 11.5. The molecule has 1 aromatic carbocycles. The van der Waals surface area contributed by atoms with E-state index in [0.717, 1.165) is 31.2 Å². The average molecular weight is 409 g/mol. The molecule has 0 aliphatic carbocycles. The molecule has 1 rings (SSSR count). The first-order chi connectivity index (χ1) is 13.5. The van der Waals surface area contributed by atoms with Crippen molar-refractivity contribution in [3.05, 3.63) is 48.0 Å². The molecule has 0 aromatic heterocycles. The molecule has 28 heavy (non-hydrogen) atoms. The lowest BCUT2D eigenvalue weighted by Gasteiger charge is -2.30. The lowest BCUT2D eigenvalue weighted by molar-refractivity contribution is -0.139. The highest BCUT2D eigenvalue weighted by molar-refractivity contribution is 6.60. The Hall–Kier alpha value is -1.47. The van der Waals surface area contributed by atoms with E-state index in [1.54, 1.807) is 6.92 Å². The summed E-state index contributed by atoms with van der Waals surface area (Å²) >= 11 is 0. The van der Waals surface area contributed by atoms with Crippen LogP contribution in [0.3, 0.4) is 0 Å². The van der Waals surface area contributed by atoms with Gasteiger partial charge in [0.05, 0.1) is 13.2 Å². The molecule has 0 amide bonds. The quantitative estimate of drug-likeness (QED) is 0.161. The van der Waals surface area contributed by atoms with Gasteiger partial charge in [-0.1, -0.05) is 63.6 Å². The van der Waals surface area contributed by atoms with Crippen LogP contribution in [-0.4, -0.2) is 34.6 Å². The Balaban J connectivity index is 2.74. The number of ether oxygens (including phenoxy) is 1. The summed E-state index contributed by atoms with van der Waals surface area (Å²) in [5.74, 6) is -0.365. The Labute approximate surface area is 171 Å². The van der Waals surface area contributed by atoms with Crippen LogP contribution in [0.5, 0.6) is 0 Å². The van der Waals surface area contributed by atoms with Crippen LogP contribution >= 0.6 is 0 Å². The van der Waals surface area contributed by atoms with Crippen molar-refractivity contribution in [2.24, 2.45) is 0 Å². The van der Waals surface area contributed by atoms with Gasteiger partial charge in [-0.05, 0) is 31.7 Å². The number of esters is 1. The molecular weight excluding hydrogens is 372 g/mol. The molecule has 5 nitrogen and oxygen atoms in total. The summed E-state index contributed by atoms with van der Waals surface area (Å²) in [5.41, 5.74) is 1.49.